The summed E-state index contributed by atoms with van der Waals surface area (Å²) in [6.07, 6.45) is 0.788. The SMILES string of the molecule is CCC(C)(C)NC(=O)c1ccc2c(c1)N(Cc1ccc(F)cc1)C(=O)C(C)(C)O2. The van der Waals surface area contributed by atoms with E-state index in [1.165, 1.54) is 12.1 Å². The van der Waals surface area contributed by atoms with E-state index in [0.717, 1.165) is 12.0 Å². The number of ether oxygens (including phenoxy) is 1. The zero-order valence-corrected chi connectivity index (χ0v) is 17.5. The van der Waals surface area contributed by atoms with Crippen molar-refractivity contribution in [2.45, 2.75) is 58.7 Å². The fraction of sp³-hybridized carbons (Fsp3) is 0.391. The summed E-state index contributed by atoms with van der Waals surface area (Å²) >= 11 is 0. The summed E-state index contributed by atoms with van der Waals surface area (Å²) in [5, 5.41) is 3.00. The van der Waals surface area contributed by atoms with Crippen LogP contribution in [0.3, 0.4) is 0 Å². The second-order valence-corrected chi connectivity index (χ2v) is 8.50. The smallest absolute Gasteiger partial charge is 0.271 e. The van der Waals surface area contributed by atoms with Crippen molar-refractivity contribution in [3.63, 3.8) is 0 Å². The third kappa shape index (κ3) is 4.42. The van der Waals surface area contributed by atoms with Gasteiger partial charge in [-0.05, 0) is 70.0 Å². The summed E-state index contributed by atoms with van der Waals surface area (Å²) in [5.74, 6) is -0.234. The van der Waals surface area contributed by atoms with Crippen molar-refractivity contribution < 1.29 is 18.7 Å². The number of carbonyl (C=O) groups is 2. The third-order valence-electron chi connectivity index (χ3n) is 5.23. The molecule has 0 saturated carbocycles. The molecule has 1 N–H and O–H groups in total. The summed E-state index contributed by atoms with van der Waals surface area (Å²) in [7, 11) is 0. The lowest BCUT2D eigenvalue weighted by atomic mass is 9.99. The van der Waals surface area contributed by atoms with Gasteiger partial charge in [-0.25, -0.2) is 4.39 Å². The van der Waals surface area contributed by atoms with E-state index in [1.54, 1.807) is 49.1 Å². The summed E-state index contributed by atoms with van der Waals surface area (Å²) in [6.45, 7) is 9.59. The van der Waals surface area contributed by atoms with Crippen LogP contribution in [-0.2, 0) is 11.3 Å². The number of rotatable bonds is 5. The molecule has 3 rings (SSSR count). The molecule has 1 aliphatic rings. The predicted octanol–water partition coefficient (Wildman–Crippen LogP) is 4.45. The van der Waals surface area contributed by atoms with Crippen LogP contribution in [0.1, 0.15) is 57.0 Å². The lowest BCUT2D eigenvalue weighted by Crippen LogP contribution is -2.52. The van der Waals surface area contributed by atoms with Gasteiger partial charge in [0.25, 0.3) is 11.8 Å². The van der Waals surface area contributed by atoms with Gasteiger partial charge in [-0.1, -0.05) is 19.1 Å². The Morgan fingerprint density at radius 1 is 1.17 bits per heavy atom. The Balaban J connectivity index is 1.98. The van der Waals surface area contributed by atoms with Crippen LogP contribution in [0.25, 0.3) is 0 Å². The van der Waals surface area contributed by atoms with Gasteiger partial charge in [0.1, 0.15) is 11.6 Å². The van der Waals surface area contributed by atoms with Crippen LogP contribution in [0.15, 0.2) is 42.5 Å². The van der Waals surface area contributed by atoms with Gasteiger partial charge in [0.05, 0.1) is 12.2 Å². The molecule has 1 heterocycles. The predicted molar refractivity (Wildman–Crippen MR) is 111 cm³/mol. The number of hydrogen-bond acceptors (Lipinski definition) is 3. The molecule has 0 unspecified atom stereocenters. The van der Waals surface area contributed by atoms with E-state index >= 15 is 0 Å². The average molecular weight is 398 g/mol. The van der Waals surface area contributed by atoms with Gasteiger partial charge < -0.3 is 15.0 Å². The third-order valence-corrected chi connectivity index (χ3v) is 5.23. The summed E-state index contributed by atoms with van der Waals surface area (Å²) in [5.41, 5.74) is 0.382. The van der Waals surface area contributed by atoms with Gasteiger partial charge >= 0.3 is 0 Å². The minimum Gasteiger partial charge on any atom is -0.476 e. The molecule has 0 fully saturated rings. The Bertz CT molecular complexity index is 936. The topological polar surface area (TPSA) is 58.6 Å². The Hall–Kier alpha value is -2.89. The van der Waals surface area contributed by atoms with Gasteiger partial charge in [-0.2, -0.15) is 0 Å². The molecule has 0 aromatic heterocycles. The highest BCUT2D eigenvalue weighted by Crippen LogP contribution is 2.39. The fourth-order valence-corrected chi connectivity index (χ4v) is 3.11. The summed E-state index contributed by atoms with van der Waals surface area (Å²) < 4.78 is 19.2. The number of amides is 2. The molecule has 2 aromatic rings. The van der Waals surface area contributed by atoms with E-state index in [9.17, 15) is 14.0 Å². The maximum absolute atomic E-state index is 13.3. The van der Waals surface area contributed by atoms with Crippen molar-refractivity contribution in [2.75, 3.05) is 4.90 Å². The highest BCUT2D eigenvalue weighted by Gasteiger charge is 2.41. The molecule has 0 atom stereocenters. The van der Waals surface area contributed by atoms with Crippen molar-refractivity contribution in [3.05, 3.63) is 59.4 Å². The normalized spacial score (nSPS) is 15.5. The van der Waals surface area contributed by atoms with Crippen LogP contribution in [0, 0.1) is 5.82 Å². The van der Waals surface area contributed by atoms with E-state index in [0.29, 0.717) is 17.0 Å². The summed E-state index contributed by atoms with van der Waals surface area (Å²) in [6, 6.07) is 11.1. The van der Waals surface area contributed by atoms with Crippen LogP contribution < -0.4 is 15.0 Å². The maximum atomic E-state index is 13.3. The molecule has 0 spiro atoms. The first-order chi connectivity index (χ1) is 13.5. The largest absolute Gasteiger partial charge is 0.476 e. The molecular formula is C23H27FN2O3. The molecule has 29 heavy (non-hydrogen) atoms. The molecule has 154 valence electrons. The van der Waals surface area contributed by atoms with Crippen molar-refractivity contribution in [1.82, 2.24) is 5.32 Å². The van der Waals surface area contributed by atoms with Crippen LogP contribution >= 0.6 is 0 Å². The number of nitrogens with one attached hydrogen (secondary N) is 1. The Morgan fingerprint density at radius 3 is 2.45 bits per heavy atom. The minimum absolute atomic E-state index is 0.210. The number of fused-ring (bicyclic) bond motifs is 1. The van der Waals surface area contributed by atoms with Crippen LogP contribution in [-0.4, -0.2) is 23.0 Å². The lowest BCUT2D eigenvalue weighted by Gasteiger charge is -2.39. The zero-order valence-electron chi connectivity index (χ0n) is 17.5. The van der Waals surface area contributed by atoms with Crippen LogP contribution in [0.5, 0.6) is 5.75 Å². The van der Waals surface area contributed by atoms with Gasteiger partial charge in [-0.15, -0.1) is 0 Å². The molecule has 1 aliphatic heterocycles. The zero-order chi connectivity index (χ0) is 21.4. The highest BCUT2D eigenvalue weighted by molar-refractivity contribution is 6.04. The van der Waals surface area contributed by atoms with Gasteiger partial charge in [-0.3, -0.25) is 9.59 Å². The van der Waals surface area contributed by atoms with Crippen LogP contribution in [0.2, 0.25) is 0 Å². The first-order valence-corrected chi connectivity index (χ1v) is 9.74. The minimum atomic E-state index is -1.04. The molecule has 0 aliphatic carbocycles. The number of halogens is 1. The van der Waals surface area contributed by atoms with Crippen LogP contribution in [0.4, 0.5) is 10.1 Å². The van der Waals surface area contributed by atoms with Gasteiger partial charge in [0.15, 0.2) is 5.60 Å². The average Bonchev–Trinajstić information content (AvgIpc) is 2.66. The number of benzene rings is 2. The second kappa shape index (κ2) is 7.50. The Morgan fingerprint density at radius 2 is 1.83 bits per heavy atom. The highest BCUT2D eigenvalue weighted by atomic mass is 19.1. The molecule has 0 bridgehead atoms. The van der Waals surface area contributed by atoms with E-state index in [1.807, 2.05) is 20.8 Å². The maximum Gasteiger partial charge on any atom is 0.271 e. The van der Waals surface area contributed by atoms with Crippen molar-refractivity contribution >= 4 is 17.5 Å². The number of hydrogen-bond donors (Lipinski definition) is 1. The van der Waals surface area contributed by atoms with Crippen molar-refractivity contribution in [1.29, 1.82) is 0 Å². The fourth-order valence-electron chi connectivity index (χ4n) is 3.11. The molecular weight excluding hydrogens is 371 g/mol. The Labute approximate surface area is 170 Å². The number of nitrogens with zero attached hydrogens (tertiary/aromatic N) is 1. The first-order valence-electron chi connectivity index (χ1n) is 9.74. The summed E-state index contributed by atoms with van der Waals surface area (Å²) in [4.78, 5) is 27.4. The molecule has 2 amide bonds. The monoisotopic (exact) mass is 398 g/mol. The second-order valence-electron chi connectivity index (χ2n) is 8.50. The van der Waals surface area contributed by atoms with Crippen molar-refractivity contribution in [2.24, 2.45) is 0 Å². The lowest BCUT2D eigenvalue weighted by molar-refractivity contribution is -0.132. The van der Waals surface area contributed by atoms with E-state index in [4.69, 9.17) is 4.74 Å². The van der Waals surface area contributed by atoms with E-state index in [-0.39, 0.29) is 29.7 Å². The van der Waals surface area contributed by atoms with Crippen molar-refractivity contribution in [3.8, 4) is 5.75 Å². The molecule has 0 saturated heterocycles. The molecule has 0 radical (unpaired) electrons. The van der Waals surface area contributed by atoms with E-state index < -0.39 is 5.60 Å². The number of carbonyl (C=O) groups excluding carboxylic acids is 2. The van der Waals surface area contributed by atoms with E-state index in [2.05, 4.69) is 5.32 Å². The van der Waals surface area contributed by atoms with Gasteiger partial charge in [0, 0.05) is 11.1 Å². The molecule has 5 nitrogen and oxygen atoms in total. The first kappa shape index (κ1) is 20.8. The molecule has 6 heteroatoms. The van der Waals surface area contributed by atoms with Gasteiger partial charge in [0.2, 0.25) is 0 Å². The standard InChI is InChI=1S/C23H27FN2O3/c1-6-22(2,3)25-20(27)16-9-12-19-18(13-16)26(21(28)23(4,5)29-19)14-15-7-10-17(24)11-8-15/h7-13H,6,14H2,1-5H3,(H,25,27). The quantitative estimate of drug-likeness (QED) is 0.810. The number of anilines is 1. The Kier molecular flexibility index (Phi) is 5.39. The molecule has 2 aromatic carbocycles.